The van der Waals surface area contributed by atoms with Gasteiger partial charge >= 0.3 is 0 Å². The maximum Gasteiger partial charge on any atom is 0.272 e. The third-order valence-electron chi connectivity index (χ3n) is 2.19. The molecular weight excluding hydrogens is 412 g/mol. The van der Waals surface area contributed by atoms with Crippen molar-refractivity contribution in [2.24, 2.45) is 0 Å². The maximum atomic E-state index is 12.7. The summed E-state index contributed by atoms with van der Waals surface area (Å²) in [6.45, 7) is 0. The second kappa shape index (κ2) is 10.5. The highest BCUT2D eigenvalue weighted by atomic mass is 35.5. The minimum atomic E-state index is -0.844. The van der Waals surface area contributed by atoms with Gasteiger partial charge in [-0.05, 0) is 12.1 Å². The summed E-state index contributed by atoms with van der Waals surface area (Å²) in [4.78, 5) is 9.49. The van der Waals surface area contributed by atoms with Crippen molar-refractivity contribution < 1.29 is 18.8 Å². The number of nitro benzene ring substituents is 1. The molecule has 0 saturated heterocycles. The Kier molecular flexibility index (Phi) is 9.88. The molecule has 2 aromatic rings. The Morgan fingerprint density at radius 1 is 0.917 bits per heavy atom. The monoisotopic (exact) mass is 420 g/mol. The first-order chi connectivity index (χ1) is 11.1. The second-order valence-electron chi connectivity index (χ2n) is 3.78. The van der Waals surface area contributed by atoms with Crippen LogP contribution in [-0.4, -0.2) is 17.1 Å². The first kappa shape index (κ1) is 22.6. The quantitative estimate of drug-likeness (QED) is 0.280. The first-order valence-electron chi connectivity index (χ1n) is 5.77. The van der Waals surface area contributed by atoms with Crippen molar-refractivity contribution in [3.8, 4) is 0 Å². The Hall–Kier alpha value is -1.38. The fourth-order valence-electron chi connectivity index (χ4n) is 1.22. The summed E-state index contributed by atoms with van der Waals surface area (Å²) in [7, 11) is 1.00. The van der Waals surface area contributed by atoms with Gasteiger partial charge in [0.1, 0.15) is 0 Å². The largest absolute Gasteiger partial charge is 0.400 e. The molecule has 0 atom stereocenters. The molecule has 0 saturated carbocycles. The smallest absolute Gasteiger partial charge is 0.272 e. The number of halogens is 6. The molecule has 0 fully saturated rings. The highest BCUT2D eigenvalue weighted by Crippen LogP contribution is 2.28. The van der Waals surface area contributed by atoms with Crippen molar-refractivity contribution in [1.29, 1.82) is 0 Å². The van der Waals surface area contributed by atoms with Crippen LogP contribution in [0, 0.1) is 21.7 Å². The lowest BCUT2D eigenvalue weighted by Crippen LogP contribution is -1.89. The van der Waals surface area contributed by atoms with Crippen LogP contribution in [0.3, 0.4) is 0 Å². The molecule has 0 aliphatic rings. The second-order valence-corrected chi connectivity index (χ2v) is 5.41. The van der Waals surface area contributed by atoms with E-state index in [-0.39, 0.29) is 25.8 Å². The van der Waals surface area contributed by atoms with Gasteiger partial charge in [0.15, 0.2) is 11.6 Å². The van der Waals surface area contributed by atoms with Crippen LogP contribution < -0.4 is 5.73 Å². The van der Waals surface area contributed by atoms with Crippen molar-refractivity contribution >= 4 is 57.8 Å². The number of nitrogens with zero attached hydrogens (tertiary/aromatic N) is 1. The number of nitrogen functional groups attached to an aromatic ring is 1. The lowest BCUT2D eigenvalue weighted by Gasteiger charge is -1.97. The lowest BCUT2D eigenvalue weighted by molar-refractivity contribution is -0.384. The van der Waals surface area contributed by atoms with Crippen molar-refractivity contribution in [2.45, 2.75) is 0 Å². The standard InChI is InChI=1S/C6H2Cl2FNO2.C6H4Cl2FN.CH4O/c7-4-1-3(10(11)12)2-5(8)6(4)9;7-4-1-3(10)2-5(8)6(4)9;1-2/h1-2H;1-2H,10H2;2H,1H3. The number of non-ortho nitro benzene ring substituents is 1. The molecule has 2 rings (SSSR count). The van der Waals surface area contributed by atoms with Gasteiger partial charge in [0.2, 0.25) is 0 Å². The van der Waals surface area contributed by atoms with Crippen molar-refractivity contribution in [2.75, 3.05) is 12.8 Å². The molecule has 0 heterocycles. The van der Waals surface area contributed by atoms with E-state index in [9.17, 15) is 18.9 Å². The Labute approximate surface area is 155 Å². The molecule has 11 heteroatoms. The number of anilines is 1. The highest BCUT2D eigenvalue weighted by Gasteiger charge is 2.13. The lowest BCUT2D eigenvalue weighted by atomic mass is 10.3. The normalized spacial score (nSPS) is 9.33. The summed E-state index contributed by atoms with van der Waals surface area (Å²) in [5.74, 6) is -1.47. The van der Waals surface area contributed by atoms with Gasteiger partial charge in [-0.1, -0.05) is 46.4 Å². The van der Waals surface area contributed by atoms with Crippen LogP contribution in [0.15, 0.2) is 24.3 Å². The summed E-state index contributed by atoms with van der Waals surface area (Å²) in [5, 5.41) is 16.4. The third kappa shape index (κ3) is 6.62. The topological polar surface area (TPSA) is 89.4 Å². The molecule has 3 N–H and O–H groups in total. The number of hydrogen-bond donors (Lipinski definition) is 2. The molecule has 0 unspecified atom stereocenters. The van der Waals surface area contributed by atoms with Crippen LogP contribution in [0.25, 0.3) is 0 Å². The maximum absolute atomic E-state index is 12.7. The molecule has 0 spiro atoms. The molecule has 5 nitrogen and oxygen atoms in total. The number of aliphatic hydroxyl groups excluding tert-OH is 1. The molecule has 2 aromatic carbocycles. The van der Waals surface area contributed by atoms with Crippen LogP contribution in [0.2, 0.25) is 20.1 Å². The Morgan fingerprint density at radius 2 is 1.21 bits per heavy atom. The molecule has 0 aliphatic carbocycles. The molecule has 0 amide bonds. The van der Waals surface area contributed by atoms with E-state index in [1.54, 1.807) is 0 Å². The van der Waals surface area contributed by atoms with E-state index in [1.807, 2.05) is 0 Å². The molecule has 24 heavy (non-hydrogen) atoms. The first-order valence-corrected chi connectivity index (χ1v) is 7.28. The summed E-state index contributed by atoms with van der Waals surface area (Å²) in [6, 6.07) is 4.43. The Bertz CT molecular complexity index is 686. The minimum Gasteiger partial charge on any atom is -0.400 e. The van der Waals surface area contributed by atoms with Gasteiger partial charge in [0, 0.05) is 24.9 Å². The van der Waals surface area contributed by atoms with Crippen LogP contribution >= 0.6 is 46.4 Å². The molecule has 0 aliphatic heterocycles. The Morgan fingerprint density at radius 3 is 1.50 bits per heavy atom. The van der Waals surface area contributed by atoms with Gasteiger partial charge < -0.3 is 10.8 Å². The predicted octanol–water partition coefficient (Wildman–Crippen LogP) is 5.36. The van der Waals surface area contributed by atoms with Crippen LogP contribution in [-0.2, 0) is 0 Å². The van der Waals surface area contributed by atoms with Gasteiger partial charge in [0.05, 0.1) is 25.0 Å². The zero-order valence-electron chi connectivity index (χ0n) is 11.9. The molecule has 0 radical (unpaired) electrons. The Balaban J connectivity index is 0.000000405. The number of nitrogens with two attached hydrogens (primary N) is 1. The van der Waals surface area contributed by atoms with E-state index in [4.69, 9.17) is 57.2 Å². The number of aliphatic hydroxyl groups is 1. The summed E-state index contributed by atoms with van der Waals surface area (Å²) in [6.07, 6.45) is 0. The van der Waals surface area contributed by atoms with Gasteiger partial charge in [-0.2, -0.15) is 0 Å². The van der Waals surface area contributed by atoms with Crippen LogP contribution in [0.5, 0.6) is 0 Å². The van der Waals surface area contributed by atoms with Gasteiger partial charge in [-0.15, -0.1) is 0 Å². The number of nitro groups is 1. The van der Waals surface area contributed by atoms with Crippen LogP contribution in [0.1, 0.15) is 0 Å². The minimum absolute atomic E-state index is 0.0509. The summed E-state index contributed by atoms with van der Waals surface area (Å²) < 4.78 is 25.3. The molecule has 0 bridgehead atoms. The third-order valence-corrected chi connectivity index (χ3v) is 3.29. The summed E-state index contributed by atoms with van der Waals surface area (Å²) >= 11 is 21.4. The van der Waals surface area contributed by atoms with Gasteiger partial charge in [0.25, 0.3) is 5.69 Å². The highest BCUT2D eigenvalue weighted by molar-refractivity contribution is 6.35. The fourth-order valence-corrected chi connectivity index (χ4v) is 2.20. The van der Waals surface area contributed by atoms with Gasteiger partial charge in [-0.3, -0.25) is 10.1 Å². The SMILES string of the molecule is CO.Nc1cc(Cl)c(F)c(Cl)c1.O=[N+]([O-])c1cc(Cl)c(F)c(Cl)c1. The van der Waals surface area contributed by atoms with E-state index in [1.165, 1.54) is 12.1 Å². The van der Waals surface area contributed by atoms with Crippen molar-refractivity contribution in [3.05, 3.63) is 66.1 Å². The molecule has 132 valence electrons. The number of hydrogen-bond acceptors (Lipinski definition) is 4. The van der Waals surface area contributed by atoms with Crippen molar-refractivity contribution in [1.82, 2.24) is 0 Å². The zero-order chi connectivity index (χ0) is 19.0. The van der Waals surface area contributed by atoms with Gasteiger partial charge in [-0.25, -0.2) is 8.78 Å². The average Bonchev–Trinajstić information content (AvgIpc) is 2.52. The van der Waals surface area contributed by atoms with Crippen LogP contribution in [0.4, 0.5) is 20.2 Å². The van der Waals surface area contributed by atoms with E-state index >= 15 is 0 Å². The fraction of sp³-hybridized carbons (Fsp3) is 0.0769. The zero-order valence-corrected chi connectivity index (χ0v) is 14.9. The van der Waals surface area contributed by atoms with E-state index in [2.05, 4.69) is 0 Å². The molecule has 0 aromatic heterocycles. The molecular formula is C13H10Cl4F2N2O3. The number of rotatable bonds is 1. The predicted molar refractivity (Wildman–Crippen MR) is 92.0 cm³/mol. The summed E-state index contributed by atoms with van der Waals surface area (Å²) in [5.41, 5.74) is 5.32. The average molecular weight is 422 g/mol. The van der Waals surface area contributed by atoms with E-state index in [0.717, 1.165) is 19.2 Å². The van der Waals surface area contributed by atoms with E-state index in [0.29, 0.717) is 5.69 Å². The van der Waals surface area contributed by atoms with E-state index < -0.39 is 16.6 Å². The number of benzene rings is 2. The van der Waals surface area contributed by atoms with Crippen molar-refractivity contribution in [3.63, 3.8) is 0 Å².